The van der Waals surface area contributed by atoms with Crippen LogP contribution in [0.1, 0.15) is 24.8 Å². The van der Waals surface area contributed by atoms with Crippen LogP contribution in [0.15, 0.2) is 12.1 Å². The fourth-order valence-electron chi connectivity index (χ4n) is 1.48. The Morgan fingerprint density at radius 2 is 1.67 bits per heavy atom. The van der Waals surface area contributed by atoms with Gasteiger partial charge in [0, 0.05) is 25.0 Å². The zero-order valence-corrected chi connectivity index (χ0v) is 9.02. The van der Waals surface area contributed by atoms with Crippen LogP contribution in [0.3, 0.4) is 0 Å². The zero-order chi connectivity index (χ0) is 13.9. The van der Waals surface area contributed by atoms with Gasteiger partial charge in [-0.2, -0.15) is 0 Å². The molecule has 0 aromatic heterocycles. The zero-order valence-electron chi connectivity index (χ0n) is 9.02. The first kappa shape index (κ1) is 14.4. The van der Waals surface area contributed by atoms with Gasteiger partial charge in [0.2, 0.25) is 0 Å². The molecule has 18 heavy (non-hydrogen) atoms. The van der Waals surface area contributed by atoms with E-state index in [9.17, 15) is 26.7 Å². The molecule has 0 radical (unpaired) electrons. The van der Waals surface area contributed by atoms with E-state index in [0.717, 1.165) is 0 Å². The molecular weight excluding hydrogens is 259 g/mol. The van der Waals surface area contributed by atoms with Crippen molar-refractivity contribution in [2.75, 3.05) is 0 Å². The molecule has 0 atom stereocenters. The van der Waals surface area contributed by atoms with Gasteiger partial charge in [-0.3, -0.25) is 4.79 Å². The molecule has 0 aliphatic carbocycles. The van der Waals surface area contributed by atoms with Crippen LogP contribution in [0, 0.1) is 17.5 Å². The smallest absolute Gasteiger partial charge is 0.303 e. The van der Waals surface area contributed by atoms with Crippen molar-refractivity contribution in [3.05, 3.63) is 35.1 Å². The Bertz CT molecular complexity index is 436. The summed E-state index contributed by atoms with van der Waals surface area (Å²) in [5.74, 6) is -9.83. The Morgan fingerprint density at radius 3 is 2.11 bits per heavy atom. The van der Waals surface area contributed by atoms with Gasteiger partial charge in [-0.25, -0.2) is 22.0 Å². The summed E-state index contributed by atoms with van der Waals surface area (Å²) in [7, 11) is 0. The van der Waals surface area contributed by atoms with Crippen LogP contribution in [0.4, 0.5) is 22.0 Å². The second-order valence-corrected chi connectivity index (χ2v) is 3.70. The lowest BCUT2D eigenvalue weighted by Gasteiger charge is -2.17. The second-order valence-electron chi connectivity index (χ2n) is 3.70. The maximum absolute atomic E-state index is 13.5. The van der Waals surface area contributed by atoms with Gasteiger partial charge in [-0.15, -0.1) is 0 Å². The van der Waals surface area contributed by atoms with Crippen molar-refractivity contribution < 1.29 is 31.9 Å². The quantitative estimate of drug-likeness (QED) is 0.830. The van der Waals surface area contributed by atoms with Gasteiger partial charge in [0.25, 0.3) is 5.92 Å². The van der Waals surface area contributed by atoms with E-state index in [0.29, 0.717) is 0 Å². The van der Waals surface area contributed by atoms with E-state index in [1.165, 1.54) is 0 Å². The van der Waals surface area contributed by atoms with Crippen LogP contribution in [0.5, 0.6) is 0 Å². The van der Waals surface area contributed by atoms with E-state index in [4.69, 9.17) is 5.11 Å². The largest absolute Gasteiger partial charge is 0.481 e. The van der Waals surface area contributed by atoms with Crippen molar-refractivity contribution in [3.63, 3.8) is 0 Å². The monoisotopic (exact) mass is 268 g/mol. The van der Waals surface area contributed by atoms with Crippen molar-refractivity contribution >= 4 is 5.97 Å². The van der Waals surface area contributed by atoms with Crippen molar-refractivity contribution in [2.45, 2.75) is 25.2 Å². The minimum absolute atomic E-state index is 0.156. The first-order valence-electron chi connectivity index (χ1n) is 4.98. The van der Waals surface area contributed by atoms with Crippen molar-refractivity contribution in [1.29, 1.82) is 0 Å². The van der Waals surface area contributed by atoms with Gasteiger partial charge in [0.15, 0.2) is 0 Å². The molecule has 0 aliphatic heterocycles. The van der Waals surface area contributed by atoms with Gasteiger partial charge in [-0.05, 0) is 6.42 Å². The lowest BCUT2D eigenvalue weighted by atomic mass is 10.0. The van der Waals surface area contributed by atoms with Crippen LogP contribution >= 0.6 is 0 Å². The van der Waals surface area contributed by atoms with Crippen LogP contribution in [0.2, 0.25) is 0 Å². The predicted molar refractivity (Wildman–Crippen MR) is 51.7 cm³/mol. The summed E-state index contributed by atoms with van der Waals surface area (Å²) in [6.45, 7) is 0. The molecule has 100 valence electrons. The average Bonchev–Trinajstić information content (AvgIpc) is 2.13. The Hall–Kier alpha value is -1.66. The highest BCUT2D eigenvalue weighted by atomic mass is 19.3. The molecule has 0 fully saturated rings. The summed E-state index contributed by atoms with van der Waals surface area (Å²) in [6.07, 6.45) is -2.02. The molecule has 2 nitrogen and oxygen atoms in total. The average molecular weight is 268 g/mol. The number of hydrogen-bond acceptors (Lipinski definition) is 1. The lowest BCUT2D eigenvalue weighted by Crippen LogP contribution is -2.18. The molecule has 0 saturated carbocycles. The molecule has 0 aliphatic rings. The first-order chi connectivity index (χ1) is 8.24. The Balaban J connectivity index is 2.94. The van der Waals surface area contributed by atoms with Gasteiger partial charge in [0.05, 0.1) is 5.56 Å². The van der Waals surface area contributed by atoms with Gasteiger partial charge >= 0.3 is 5.97 Å². The number of aliphatic carboxylic acids is 1. The minimum atomic E-state index is -3.88. The number of rotatable bonds is 5. The van der Waals surface area contributed by atoms with E-state index in [2.05, 4.69) is 0 Å². The topological polar surface area (TPSA) is 37.3 Å². The summed E-state index contributed by atoms with van der Waals surface area (Å²) in [4.78, 5) is 10.2. The second kappa shape index (κ2) is 5.32. The Kier molecular flexibility index (Phi) is 4.26. The highest BCUT2D eigenvalue weighted by Gasteiger charge is 2.37. The molecule has 0 spiro atoms. The van der Waals surface area contributed by atoms with Gasteiger partial charge in [0.1, 0.15) is 17.5 Å². The number of carboxylic acids is 1. The highest BCUT2D eigenvalue weighted by molar-refractivity contribution is 5.66. The summed E-state index contributed by atoms with van der Waals surface area (Å²) in [5.41, 5.74) is -1.53. The first-order valence-corrected chi connectivity index (χ1v) is 4.98. The van der Waals surface area contributed by atoms with E-state index < -0.39 is 54.2 Å². The molecule has 0 amide bonds. The maximum Gasteiger partial charge on any atom is 0.303 e. The van der Waals surface area contributed by atoms with Crippen LogP contribution in [-0.2, 0) is 10.7 Å². The number of hydrogen-bond donors (Lipinski definition) is 1. The van der Waals surface area contributed by atoms with Crippen molar-refractivity contribution in [3.8, 4) is 0 Å². The van der Waals surface area contributed by atoms with E-state index in [-0.39, 0.29) is 12.1 Å². The summed E-state index contributed by atoms with van der Waals surface area (Å²) >= 11 is 0. The fourth-order valence-corrected chi connectivity index (χ4v) is 1.48. The van der Waals surface area contributed by atoms with E-state index in [1.807, 2.05) is 0 Å². The molecular formula is C11H9F5O2. The predicted octanol–water partition coefficient (Wildman–Crippen LogP) is 3.45. The number of benzene rings is 1. The number of halogens is 5. The minimum Gasteiger partial charge on any atom is -0.481 e. The summed E-state index contributed by atoms with van der Waals surface area (Å²) in [6, 6.07) is 0.313. The molecule has 0 unspecified atom stereocenters. The Labute approximate surface area is 99.0 Å². The third-order valence-corrected chi connectivity index (χ3v) is 2.25. The standard InChI is InChI=1S/C11H9F5O2/c12-6-4-7(13)10(8(14)5-6)11(15,16)3-1-2-9(17)18/h4-5H,1-3H2,(H,17,18). The number of alkyl halides is 2. The van der Waals surface area contributed by atoms with Gasteiger partial charge < -0.3 is 5.11 Å². The SMILES string of the molecule is O=C(O)CCCC(F)(F)c1c(F)cc(F)cc1F. The molecule has 0 heterocycles. The third-order valence-electron chi connectivity index (χ3n) is 2.25. The van der Waals surface area contributed by atoms with Crippen LogP contribution in [0.25, 0.3) is 0 Å². The Morgan fingerprint density at radius 1 is 1.17 bits per heavy atom. The van der Waals surface area contributed by atoms with Crippen LogP contribution < -0.4 is 0 Å². The van der Waals surface area contributed by atoms with Crippen molar-refractivity contribution in [1.82, 2.24) is 0 Å². The van der Waals surface area contributed by atoms with E-state index >= 15 is 0 Å². The fraction of sp³-hybridized carbons (Fsp3) is 0.364. The summed E-state index contributed by atoms with van der Waals surface area (Å²) in [5, 5.41) is 8.28. The summed E-state index contributed by atoms with van der Waals surface area (Å²) < 4.78 is 65.7. The van der Waals surface area contributed by atoms with E-state index in [1.54, 1.807) is 0 Å². The normalized spacial score (nSPS) is 11.6. The highest BCUT2D eigenvalue weighted by Crippen LogP contribution is 2.36. The third kappa shape index (κ3) is 3.41. The lowest BCUT2D eigenvalue weighted by molar-refractivity contribution is -0.137. The molecule has 1 aromatic rings. The molecule has 7 heteroatoms. The molecule has 0 saturated heterocycles. The number of carbonyl (C=O) groups is 1. The number of carboxylic acid groups (broad SMARTS) is 1. The molecule has 1 rings (SSSR count). The molecule has 0 bridgehead atoms. The van der Waals surface area contributed by atoms with Gasteiger partial charge in [-0.1, -0.05) is 0 Å². The molecule has 1 aromatic carbocycles. The van der Waals surface area contributed by atoms with Crippen LogP contribution in [-0.4, -0.2) is 11.1 Å². The maximum atomic E-state index is 13.5. The van der Waals surface area contributed by atoms with Crippen molar-refractivity contribution in [2.24, 2.45) is 0 Å². The molecule has 1 N–H and O–H groups in total.